The largest absolute Gasteiger partial charge is 0.497 e. The number of hydrogen-bond acceptors (Lipinski definition) is 6. The molecule has 9 nitrogen and oxygen atoms in total. The van der Waals surface area contributed by atoms with E-state index in [4.69, 9.17) is 16.3 Å². The molecular weight excluding hydrogens is 631 g/mol. The van der Waals surface area contributed by atoms with Gasteiger partial charge >= 0.3 is 6.18 Å². The number of methoxy groups -OCH3 is 1. The number of halogens is 4. The zero-order chi connectivity index (χ0) is 31.4. The van der Waals surface area contributed by atoms with Crippen LogP contribution in [0.5, 0.6) is 5.75 Å². The molecule has 0 bridgehead atoms. The van der Waals surface area contributed by atoms with Gasteiger partial charge in [-0.05, 0) is 84.9 Å². The van der Waals surface area contributed by atoms with Crippen molar-refractivity contribution < 1.29 is 39.5 Å². The van der Waals surface area contributed by atoms with Crippen LogP contribution in [0.2, 0.25) is 5.02 Å². The standard InChI is InChI=1S/C28H23ClF3N3O6S2/c1-41-24-10-14-26(15-11-24)43(39,40)35(23-7-3-5-20(29)17-23)18-27(36)33-21-8-12-25(13-9-21)42(37,38)34-22-6-2-4-19(16-22)28(30,31)32/h2-17,34H,18H2,1H3,(H,33,36). The number of benzene rings is 4. The Hall–Kier alpha value is -4.27. The first-order valence-corrected chi connectivity index (χ1v) is 15.5. The number of carbonyl (C=O) groups is 1. The van der Waals surface area contributed by atoms with E-state index in [1.165, 1.54) is 67.8 Å². The summed E-state index contributed by atoms with van der Waals surface area (Å²) in [6.45, 7) is -0.661. The van der Waals surface area contributed by atoms with Crippen molar-refractivity contribution in [2.24, 2.45) is 0 Å². The molecule has 4 aromatic carbocycles. The zero-order valence-electron chi connectivity index (χ0n) is 22.2. The number of anilines is 3. The molecule has 43 heavy (non-hydrogen) atoms. The van der Waals surface area contributed by atoms with Crippen molar-refractivity contribution in [1.29, 1.82) is 0 Å². The fourth-order valence-electron chi connectivity index (χ4n) is 3.84. The van der Waals surface area contributed by atoms with Gasteiger partial charge in [0, 0.05) is 16.4 Å². The Bertz CT molecular complexity index is 1840. The Morgan fingerprint density at radius 2 is 1.47 bits per heavy atom. The molecule has 4 rings (SSSR count). The smallest absolute Gasteiger partial charge is 0.416 e. The quantitative estimate of drug-likeness (QED) is 0.217. The van der Waals surface area contributed by atoms with Crippen LogP contribution in [-0.4, -0.2) is 36.4 Å². The summed E-state index contributed by atoms with van der Waals surface area (Å²) in [6, 6.07) is 20.0. The predicted molar refractivity (Wildman–Crippen MR) is 156 cm³/mol. The van der Waals surface area contributed by atoms with Gasteiger partial charge in [-0.2, -0.15) is 13.2 Å². The summed E-state index contributed by atoms with van der Waals surface area (Å²) in [5, 5.41) is 2.75. The first kappa shape index (κ1) is 31.7. The van der Waals surface area contributed by atoms with Gasteiger partial charge in [0.25, 0.3) is 20.0 Å². The lowest BCUT2D eigenvalue weighted by atomic mass is 10.2. The molecule has 15 heteroatoms. The summed E-state index contributed by atoms with van der Waals surface area (Å²) in [7, 11) is -7.09. The van der Waals surface area contributed by atoms with Crippen LogP contribution < -0.4 is 19.1 Å². The maximum atomic E-state index is 13.5. The van der Waals surface area contributed by atoms with Gasteiger partial charge in [-0.15, -0.1) is 0 Å². The van der Waals surface area contributed by atoms with E-state index in [9.17, 15) is 34.8 Å². The lowest BCUT2D eigenvalue weighted by molar-refractivity contribution is -0.137. The number of ether oxygens (including phenoxy) is 1. The minimum absolute atomic E-state index is 0.107. The van der Waals surface area contributed by atoms with E-state index in [0.717, 1.165) is 28.6 Å². The van der Waals surface area contributed by atoms with Crippen LogP contribution in [0.1, 0.15) is 5.56 Å². The third-order valence-electron chi connectivity index (χ3n) is 5.92. The highest BCUT2D eigenvalue weighted by Gasteiger charge is 2.31. The van der Waals surface area contributed by atoms with Gasteiger partial charge < -0.3 is 10.1 Å². The van der Waals surface area contributed by atoms with Crippen molar-refractivity contribution in [2.45, 2.75) is 16.0 Å². The molecule has 2 N–H and O–H groups in total. The molecule has 0 aromatic heterocycles. The van der Waals surface area contributed by atoms with Crippen LogP contribution >= 0.6 is 11.6 Å². The summed E-state index contributed by atoms with van der Waals surface area (Å²) in [4.78, 5) is 12.6. The third-order valence-corrected chi connectivity index (χ3v) is 9.34. The molecule has 0 fully saturated rings. The van der Waals surface area contributed by atoms with Crippen LogP contribution in [0, 0.1) is 0 Å². The summed E-state index contributed by atoms with van der Waals surface area (Å²) in [5.41, 5.74) is -1.05. The molecule has 0 unspecified atom stereocenters. The van der Waals surface area contributed by atoms with Gasteiger partial charge in [-0.1, -0.05) is 23.7 Å². The van der Waals surface area contributed by atoms with E-state index in [1.807, 2.05) is 0 Å². The van der Waals surface area contributed by atoms with E-state index >= 15 is 0 Å². The second-order valence-corrected chi connectivity index (χ2v) is 12.9. The van der Waals surface area contributed by atoms with Crippen molar-refractivity contribution in [3.8, 4) is 5.75 Å². The molecule has 226 valence electrons. The van der Waals surface area contributed by atoms with Gasteiger partial charge in [0.1, 0.15) is 12.3 Å². The predicted octanol–water partition coefficient (Wildman–Crippen LogP) is 6.00. The monoisotopic (exact) mass is 653 g/mol. The van der Waals surface area contributed by atoms with Crippen LogP contribution in [0.15, 0.2) is 107 Å². The number of nitrogens with one attached hydrogen (secondary N) is 2. The number of nitrogens with zero attached hydrogens (tertiary/aromatic N) is 1. The number of carbonyl (C=O) groups excluding carboxylic acids is 1. The molecule has 0 spiro atoms. The molecule has 0 aliphatic carbocycles. The Balaban J connectivity index is 1.52. The van der Waals surface area contributed by atoms with E-state index in [2.05, 4.69) is 10.0 Å². The second kappa shape index (κ2) is 12.5. The molecule has 0 radical (unpaired) electrons. The van der Waals surface area contributed by atoms with Gasteiger partial charge in [-0.25, -0.2) is 16.8 Å². The molecule has 1 amide bonds. The van der Waals surface area contributed by atoms with Crippen molar-refractivity contribution >= 4 is 54.6 Å². The number of amides is 1. The zero-order valence-corrected chi connectivity index (χ0v) is 24.6. The van der Waals surface area contributed by atoms with Crippen LogP contribution in [0.4, 0.5) is 30.2 Å². The summed E-state index contributed by atoms with van der Waals surface area (Å²) in [6.07, 6.45) is -4.66. The molecule has 0 aliphatic heterocycles. The average Bonchev–Trinajstić information content (AvgIpc) is 2.95. The summed E-state index contributed by atoms with van der Waals surface area (Å²) < 4.78 is 99.6. The minimum Gasteiger partial charge on any atom is -0.497 e. The third kappa shape index (κ3) is 7.77. The summed E-state index contributed by atoms with van der Waals surface area (Å²) in [5.74, 6) is -0.323. The Morgan fingerprint density at radius 1 is 0.837 bits per heavy atom. The Labute approximate surface area is 251 Å². The maximum Gasteiger partial charge on any atom is 0.416 e. The lowest BCUT2D eigenvalue weighted by Crippen LogP contribution is -2.38. The number of alkyl halides is 3. The molecule has 0 saturated carbocycles. The average molecular weight is 654 g/mol. The van der Waals surface area contributed by atoms with Crippen molar-refractivity contribution in [1.82, 2.24) is 0 Å². The van der Waals surface area contributed by atoms with Gasteiger partial charge in [0.15, 0.2) is 0 Å². The van der Waals surface area contributed by atoms with Crippen molar-refractivity contribution in [3.05, 3.63) is 108 Å². The normalized spacial score (nSPS) is 11.9. The van der Waals surface area contributed by atoms with Gasteiger partial charge in [-0.3, -0.25) is 13.8 Å². The fourth-order valence-corrected chi connectivity index (χ4v) is 6.49. The van der Waals surface area contributed by atoms with Crippen LogP contribution in [-0.2, 0) is 31.0 Å². The topological polar surface area (TPSA) is 122 Å². The second-order valence-electron chi connectivity index (χ2n) is 8.92. The number of hydrogen-bond donors (Lipinski definition) is 2. The fraction of sp³-hybridized carbons (Fsp3) is 0.107. The summed E-state index contributed by atoms with van der Waals surface area (Å²) >= 11 is 6.08. The molecule has 4 aromatic rings. The molecular formula is C28H23ClF3N3O6S2. The van der Waals surface area contributed by atoms with E-state index in [-0.39, 0.29) is 31.9 Å². The van der Waals surface area contributed by atoms with Crippen molar-refractivity contribution in [2.75, 3.05) is 28.0 Å². The number of rotatable bonds is 10. The molecule has 0 atom stereocenters. The highest BCUT2D eigenvalue weighted by atomic mass is 35.5. The molecule has 0 heterocycles. The highest BCUT2D eigenvalue weighted by molar-refractivity contribution is 7.93. The van der Waals surface area contributed by atoms with E-state index in [1.54, 1.807) is 6.07 Å². The first-order chi connectivity index (χ1) is 20.2. The van der Waals surface area contributed by atoms with Crippen molar-refractivity contribution in [3.63, 3.8) is 0 Å². The molecule has 0 saturated heterocycles. The SMILES string of the molecule is COc1ccc(S(=O)(=O)N(CC(=O)Nc2ccc(S(=O)(=O)Nc3cccc(C(F)(F)F)c3)cc2)c2cccc(Cl)c2)cc1. The van der Waals surface area contributed by atoms with Gasteiger partial charge in [0.2, 0.25) is 5.91 Å². The van der Waals surface area contributed by atoms with E-state index in [0.29, 0.717) is 11.8 Å². The Morgan fingerprint density at radius 3 is 2.07 bits per heavy atom. The maximum absolute atomic E-state index is 13.5. The van der Waals surface area contributed by atoms with Crippen LogP contribution in [0.3, 0.4) is 0 Å². The Kier molecular flexibility index (Phi) is 9.23. The lowest BCUT2D eigenvalue weighted by Gasteiger charge is -2.24. The van der Waals surface area contributed by atoms with E-state index < -0.39 is 44.2 Å². The number of sulfonamides is 2. The van der Waals surface area contributed by atoms with Crippen LogP contribution in [0.25, 0.3) is 0 Å². The first-order valence-electron chi connectivity index (χ1n) is 12.2. The molecule has 0 aliphatic rings. The highest BCUT2D eigenvalue weighted by Crippen LogP contribution is 2.31. The van der Waals surface area contributed by atoms with Gasteiger partial charge in [0.05, 0.1) is 28.2 Å². The minimum atomic E-state index is -4.66.